The molecule has 1 amide bonds. The lowest BCUT2D eigenvalue weighted by Gasteiger charge is -2.23. The van der Waals surface area contributed by atoms with Gasteiger partial charge in [-0.05, 0) is 50.5 Å². The summed E-state index contributed by atoms with van der Waals surface area (Å²) in [6.45, 7) is 2.40. The fourth-order valence-corrected chi connectivity index (χ4v) is 3.84. The van der Waals surface area contributed by atoms with E-state index in [9.17, 15) is 9.18 Å². The van der Waals surface area contributed by atoms with Gasteiger partial charge in [-0.25, -0.2) is 29.3 Å². The van der Waals surface area contributed by atoms with Crippen molar-refractivity contribution in [1.29, 1.82) is 0 Å². The fourth-order valence-electron chi connectivity index (χ4n) is 3.84. The van der Waals surface area contributed by atoms with Crippen LogP contribution in [0.2, 0.25) is 0 Å². The first-order valence-corrected chi connectivity index (χ1v) is 11.3. The van der Waals surface area contributed by atoms with Crippen molar-refractivity contribution in [3.63, 3.8) is 0 Å². The molecule has 3 aromatic heterocycles. The zero-order chi connectivity index (χ0) is 24.2. The van der Waals surface area contributed by atoms with E-state index in [1.807, 2.05) is 4.57 Å². The molecule has 0 aliphatic carbocycles. The second kappa shape index (κ2) is 9.97. The normalized spacial score (nSPS) is 16.6. The Morgan fingerprint density at radius 3 is 2.80 bits per heavy atom. The minimum Gasteiger partial charge on any atom is -0.358 e. The van der Waals surface area contributed by atoms with Gasteiger partial charge < -0.3 is 20.7 Å². The van der Waals surface area contributed by atoms with Crippen molar-refractivity contribution in [2.45, 2.75) is 38.5 Å². The Kier molecular flexibility index (Phi) is 6.44. The van der Waals surface area contributed by atoms with Gasteiger partial charge in [0.05, 0.1) is 17.7 Å². The predicted octanol–water partition coefficient (Wildman–Crippen LogP) is 3.64. The molecule has 0 saturated carbocycles. The number of ether oxygens (including phenoxy) is 1. The standard InChI is InChI=1S/C23H24FN9O2/c1-14(22(34)31-16-7-6-15(24)11-17(16)32-23-25-8-4-9-26-23)30-20-19-21(28-12-27-20)33(13-29-19)18-5-2-3-10-35-18/h4,6-9,11-14,18H,2-3,5,10H2,1H3,(H,31,34)(H,25,26,32)(H,27,28,30)/t14-,18?/m0/s1. The Bertz CT molecular complexity index is 1330. The monoisotopic (exact) mass is 477 g/mol. The number of amides is 1. The molecule has 1 saturated heterocycles. The van der Waals surface area contributed by atoms with Gasteiger partial charge in [0.1, 0.15) is 24.4 Å². The molecule has 1 unspecified atom stereocenters. The van der Waals surface area contributed by atoms with Crippen LogP contribution >= 0.6 is 0 Å². The minimum absolute atomic E-state index is 0.116. The fraction of sp³-hybridized carbons (Fsp3) is 0.304. The van der Waals surface area contributed by atoms with E-state index in [0.717, 1.165) is 19.3 Å². The van der Waals surface area contributed by atoms with Crippen molar-refractivity contribution < 1.29 is 13.9 Å². The van der Waals surface area contributed by atoms with Crippen molar-refractivity contribution in [2.75, 3.05) is 22.6 Å². The molecular formula is C23H24FN9O2. The highest BCUT2D eigenvalue weighted by molar-refractivity contribution is 5.99. The van der Waals surface area contributed by atoms with Crippen LogP contribution in [0.15, 0.2) is 49.3 Å². The van der Waals surface area contributed by atoms with Gasteiger partial charge in [0.15, 0.2) is 17.0 Å². The average molecular weight is 478 g/mol. The third-order valence-electron chi connectivity index (χ3n) is 5.62. The molecule has 4 aromatic rings. The molecule has 1 aromatic carbocycles. The Balaban J connectivity index is 1.32. The topological polar surface area (TPSA) is 132 Å². The second-order valence-corrected chi connectivity index (χ2v) is 8.11. The van der Waals surface area contributed by atoms with Crippen LogP contribution in [0.4, 0.5) is 27.5 Å². The molecule has 0 spiro atoms. The van der Waals surface area contributed by atoms with Gasteiger partial charge in [-0.3, -0.25) is 9.36 Å². The lowest BCUT2D eigenvalue weighted by atomic mass is 10.2. The first-order chi connectivity index (χ1) is 17.1. The number of rotatable bonds is 7. The number of benzene rings is 1. The number of nitrogens with zero attached hydrogens (tertiary/aromatic N) is 6. The van der Waals surface area contributed by atoms with E-state index in [1.54, 1.807) is 31.7 Å². The van der Waals surface area contributed by atoms with Gasteiger partial charge in [-0.2, -0.15) is 0 Å². The summed E-state index contributed by atoms with van der Waals surface area (Å²) in [5.41, 5.74) is 1.89. The zero-order valence-corrected chi connectivity index (χ0v) is 19.0. The molecule has 1 aliphatic heterocycles. The van der Waals surface area contributed by atoms with E-state index < -0.39 is 11.9 Å². The number of fused-ring (bicyclic) bond motifs is 1. The van der Waals surface area contributed by atoms with Crippen LogP contribution < -0.4 is 16.0 Å². The predicted molar refractivity (Wildman–Crippen MR) is 128 cm³/mol. The molecule has 0 bridgehead atoms. The van der Waals surface area contributed by atoms with Gasteiger partial charge in [-0.15, -0.1) is 0 Å². The quantitative estimate of drug-likeness (QED) is 0.365. The van der Waals surface area contributed by atoms with E-state index in [-0.39, 0.29) is 18.1 Å². The maximum atomic E-state index is 13.9. The van der Waals surface area contributed by atoms with Gasteiger partial charge in [0.25, 0.3) is 0 Å². The zero-order valence-electron chi connectivity index (χ0n) is 19.0. The summed E-state index contributed by atoms with van der Waals surface area (Å²) < 4.78 is 21.6. The van der Waals surface area contributed by atoms with E-state index in [4.69, 9.17) is 4.74 Å². The smallest absolute Gasteiger partial charge is 0.246 e. The maximum absolute atomic E-state index is 13.9. The number of aromatic nitrogens is 6. The highest BCUT2D eigenvalue weighted by atomic mass is 19.1. The van der Waals surface area contributed by atoms with Crippen LogP contribution in [-0.4, -0.2) is 48.0 Å². The van der Waals surface area contributed by atoms with E-state index in [0.29, 0.717) is 35.0 Å². The summed E-state index contributed by atoms with van der Waals surface area (Å²) in [4.78, 5) is 34.2. The SMILES string of the molecule is C[C@H](Nc1ncnc2c1ncn2C1CCCCO1)C(=O)Nc1ccc(F)cc1Nc1ncccn1. The molecule has 180 valence electrons. The highest BCUT2D eigenvalue weighted by Crippen LogP contribution is 2.28. The van der Waals surface area contributed by atoms with Gasteiger partial charge in [0, 0.05) is 19.0 Å². The Labute approximate surface area is 200 Å². The molecule has 1 fully saturated rings. The van der Waals surface area contributed by atoms with Crippen LogP contribution in [-0.2, 0) is 9.53 Å². The molecule has 35 heavy (non-hydrogen) atoms. The number of imidazole rings is 1. The minimum atomic E-state index is -0.685. The average Bonchev–Trinajstić information content (AvgIpc) is 3.32. The summed E-state index contributed by atoms with van der Waals surface area (Å²) in [6.07, 6.45) is 9.13. The number of nitrogens with one attached hydrogen (secondary N) is 3. The van der Waals surface area contributed by atoms with Crippen molar-refractivity contribution >= 4 is 40.2 Å². The lowest BCUT2D eigenvalue weighted by Crippen LogP contribution is -2.32. The summed E-state index contributed by atoms with van der Waals surface area (Å²) >= 11 is 0. The summed E-state index contributed by atoms with van der Waals surface area (Å²) in [6, 6.07) is 4.98. The number of hydrogen-bond donors (Lipinski definition) is 3. The van der Waals surface area contributed by atoms with E-state index >= 15 is 0 Å². The molecule has 2 atom stereocenters. The third kappa shape index (κ3) is 5.01. The number of anilines is 4. The first-order valence-electron chi connectivity index (χ1n) is 11.3. The third-order valence-corrected chi connectivity index (χ3v) is 5.62. The summed E-state index contributed by atoms with van der Waals surface area (Å²) in [5, 5.41) is 8.83. The molecule has 11 nitrogen and oxygen atoms in total. The van der Waals surface area contributed by atoms with Gasteiger partial charge in [-0.1, -0.05) is 0 Å². The largest absolute Gasteiger partial charge is 0.358 e. The number of halogens is 1. The number of hydrogen-bond acceptors (Lipinski definition) is 9. The summed E-state index contributed by atoms with van der Waals surface area (Å²) in [7, 11) is 0. The molecule has 0 radical (unpaired) electrons. The Morgan fingerprint density at radius 1 is 1.14 bits per heavy atom. The van der Waals surface area contributed by atoms with Crippen LogP contribution in [0.5, 0.6) is 0 Å². The first kappa shape index (κ1) is 22.6. The maximum Gasteiger partial charge on any atom is 0.246 e. The van der Waals surface area contributed by atoms with Crippen LogP contribution in [0.3, 0.4) is 0 Å². The molecule has 4 heterocycles. The number of carbonyl (C=O) groups is 1. The van der Waals surface area contributed by atoms with E-state index in [1.165, 1.54) is 24.5 Å². The second-order valence-electron chi connectivity index (χ2n) is 8.11. The van der Waals surface area contributed by atoms with E-state index in [2.05, 4.69) is 40.9 Å². The summed E-state index contributed by atoms with van der Waals surface area (Å²) in [5.74, 6) is -0.105. The van der Waals surface area contributed by atoms with Crippen molar-refractivity contribution in [2.24, 2.45) is 0 Å². The molecule has 3 N–H and O–H groups in total. The highest BCUT2D eigenvalue weighted by Gasteiger charge is 2.22. The molecular weight excluding hydrogens is 453 g/mol. The van der Waals surface area contributed by atoms with Crippen molar-refractivity contribution in [3.05, 3.63) is 55.1 Å². The Hall–Kier alpha value is -4.19. The van der Waals surface area contributed by atoms with Crippen molar-refractivity contribution in [1.82, 2.24) is 29.5 Å². The molecule has 1 aliphatic rings. The molecule has 5 rings (SSSR count). The van der Waals surface area contributed by atoms with Gasteiger partial charge >= 0.3 is 0 Å². The number of carbonyl (C=O) groups excluding carboxylic acids is 1. The Morgan fingerprint density at radius 2 is 2.00 bits per heavy atom. The van der Waals surface area contributed by atoms with Gasteiger partial charge in [0.2, 0.25) is 11.9 Å². The van der Waals surface area contributed by atoms with Crippen LogP contribution in [0.25, 0.3) is 11.2 Å². The van der Waals surface area contributed by atoms with Crippen molar-refractivity contribution in [3.8, 4) is 0 Å². The lowest BCUT2D eigenvalue weighted by molar-refractivity contribution is -0.116. The molecule has 12 heteroatoms. The van der Waals surface area contributed by atoms with Crippen LogP contribution in [0, 0.1) is 5.82 Å². The van der Waals surface area contributed by atoms with Crippen LogP contribution in [0.1, 0.15) is 32.4 Å².